The minimum Gasteiger partial charge on any atom is -0.308 e. The molecule has 0 amide bonds. The molecule has 0 N–H and O–H groups in total. The molecule has 4 heteroatoms. The van der Waals surface area contributed by atoms with Crippen molar-refractivity contribution in [2.45, 2.75) is 163 Å². The highest BCUT2D eigenvalue weighted by Crippen LogP contribution is 2.50. The van der Waals surface area contributed by atoms with Crippen molar-refractivity contribution in [2.75, 3.05) is 19.4 Å². The molecule has 2 unspecified atom stereocenters. The fourth-order valence-electron chi connectivity index (χ4n) is 4.55. The zero-order valence-electron chi connectivity index (χ0n) is 24.1. The topological polar surface area (TPSA) is 35.5 Å². The van der Waals surface area contributed by atoms with Crippen molar-refractivity contribution >= 4 is 7.60 Å². The maximum Gasteiger partial charge on any atom is 0.330 e. The highest BCUT2D eigenvalue weighted by molar-refractivity contribution is 7.53. The molecule has 0 aromatic carbocycles. The molecule has 0 rings (SSSR count). The summed E-state index contributed by atoms with van der Waals surface area (Å²) in [6, 6.07) is 0. The first kappa shape index (κ1) is 34.1. The van der Waals surface area contributed by atoms with Gasteiger partial charge in [-0.05, 0) is 31.1 Å². The van der Waals surface area contributed by atoms with E-state index >= 15 is 0 Å². The van der Waals surface area contributed by atoms with Gasteiger partial charge in [-0.15, -0.1) is 0 Å². The smallest absolute Gasteiger partial charge is 0.308 e. The second-order valence-electron chi connectivity index (χ2n) is 10.6. The Morgan fingerprint density at radius 1 is 0.500 bits per heavy atom. The molecule has 34 heavy (non-hydrogen) atoms. The summed E-state index contributed by atoms with van der Waals surface area (Å²) in [7, 11) is -3.00. The van der Waals surface area contributed by atoms with E-state index in [2.05, 4.69) is 34.6 Å². The van der Waals surface area contributed by atoms with E-state index in [-0.39, 0.29) is 0 Å². The van der Waals surface area contributed by atoms with Crippen molar-refractivity contribution in [1.82, 2.24) is 0 Å². The molecule has 0 saturated heterocycles. The molecule has 0 heterocycles. The van der Waals surface area contributed by atoms with E-state index < -0.39 is 7.60 Å². The molecule has 3 nitrogen and oxygen atoms in total. The van der Waals surface area contributed by atoms with Gasteiger partial charge in [0.15, 0.2) is 0 Å². The summed E-state index contributed by atoms with van der Waals surface area (Å²) >= 11 is 0. The van der Waals surface area contributed by atoms with Crippen molar-refractivity contribution in [1.29, 1.82) is 0 Å². The van der Waals surface area contributed by atoms with E-state index in [1.165, 1.54) is 103 Å². The van der Waals surface area contributed by atoms with E-state index in [9.17, 15) is 4.57 Å². The second-order valence-corrected chi connectivity index (χ2v) is 12.8. The molecule has 0 spiro atoms. The first-order chi connectivity index (χ1) is 16.5. The van der Waals surface area contributed by atoms with Crippen LogP contribution in [0, 0.1) is 11.8 Å². The van der Waals surface area contributed by atoms with Crippen molar-refractivity contribution in [3.8, 4) is 0 Å². The van der Waals surface area contributed by atoms with Crippen LogP contribution in [0.1, 0.15) is 163 Å². The van der Waals surface area contributed by atoms with Gasteiger partial charge in [0.05, 0.1) is 19.4 Å². The van der Waals surface area contributed by atoms with Gasteiger partial charge in [-0.3, -0.25) is 4.57 Å². The average molecular weight is 503 g/mol. The Kier molecular flexibility index (Phi) is 24.9. The molecular weight excluding hydrogens is 439 g/mol. The second kappa shape index (κ2) is 24.8. The van der Waals surface area contributed by atoms with Crippen LogP contribution < -0.4 is 0 Å². The first-order valence-electron chi connectivity index (χ1n) is 15.4. The third-order valence-electron chi connectivity index (χ3n) is 7.39. The third kappa shape index (κ3) is 20.4. The van der Waals surface area contributed by atoms with Crippen molar-refractivity contribution in [3.05, 3.63) is 0 Å². The standard InChI is InChI=1S/C30H63O3P/c1-6-11-14-15-16-17-18-19-20-21-22-23-26-34(31,32-27-29(9-4)24-12-7-2)33-28-30(10-5)25-13-8-3/h29-30H,6-28H2,1-5H3. The van der Waals surface area contributed by atoms with Gasteiger partial charge < -0.3 is 9.05 Å². The number of hydrogen-bond donors (Lipinski definition) is 0. The zero-order chi connectivity index (χ0) is 25.3. The van der Waals surface area contributed by atoms with Crippen LogP contribution in [-0.4, -0.2) is 19.4 Å². The van der Waals surface area contributed by atoms with Crippen LogP contribution in [0.5, 0.6) is 0 Å². The Balaban J connectivity index is 4.35. The van der Waals surface area contributed by atoms with Crippen LogP contribution in [0.4, 0.5) is 0 Å². The lowest BCUT2D eigenvalue weighted by molar-refractivity contribution is 0.150. The molecule has 0 radical (unpaired) electrons. The Morgan fingerprint density at radius 2 is 0.853 bits per heavy atom. The monoisotopic (exact) mass is 502 g/mol. The summed E-state index contributed by atoms with van der Waals surface area (Å²) in [5.41, 5.74) is 0. The van der Waals surface area contributed by atoms with Crippen molar-refractivity contribution in [3.63, 3.8) is 0 Å². The largest absolute Gasteiger partial charge is 0.330 e. The van der Waals surface area contributed by atoms with Crippen LogP contribution in [-0.2, 0) is 13.6 Å². The Hall–Kier alpha value is 0.150. The summed E-state index contributed by atoms with van der Waals surface area (Å²) in [5, 5.41) is 0. The van der Waals surface area contributed by atoms with E-state index in [0.717, 1.165) is 25.7 Å². The van der Waals surface area contributed by atoms with Gasteiger partial charge in [-0.1, -0.05) is 144 Å². The minimum atomic E-state index is -3.00. The molecule has 0 bridgehead atoms. The lowest BCUT2D eigenvalue weighted by Crippen LogP contribution is -2.13. The normalized spacial score (nSPS) is 15.3. The van der Waals surface area contributed by atoms with Crippen LogP contribution in [0.25, 0.3) is 0 Å². The van der Waals surface area contributed by atoms with Gasteiger partial charge in [0.2, 0.25) is 0 Å². The van der Waals surface area contributed by atoms with Gasteiger partial charge >= 0.3 is 7.60 Å². The lowest BCUT2D eigenvalue weighted by atomic mass is 10.0. The molecular formula is C30H63O3P. The summed E-state index contributed by atoms with van der Waals surface area (Å²) < 4.78 is 25.9. The predicted molar refractivity (Wildman–Crippen MR) is 152 cm³/mol. The SMILES string of the molecule is CCCCCCCCCCCCCCP(=O)(OCC(CC)CCCC)OCC(CC)CCCC. The van der Waals surface area contributed by atoms with Crippen LogP contribution in [0.15, 0.2) is 0 Å². The molecule has 0 saturated carbocycles. The van der Waals surface area contributed by atoms with Gasteiger partial charge in [0.25, 0.3) is 0 Å². The van der Waals surface area contributed by atoms with Crippen molar-refractivity contribution in [2.24, 2.45) is 11.8 Å². The molecule has 0 aromatic heterocycles. The van der Waals surface area contributed by atoms with Crippen molar-refractivity contribution < 1.29 is 13.6 Å². The molecule has 0 aromatic rings. The summed E-state index contributed by atoms with van der Waals surface area (Å²) in [4.78, 5) is 0. The average Bonchev–Trinajstić information content (AvgIpc) is 2.85. The Morgan fingerprint density at radius 3 is 1.21 bits per heavy atom. The van der Waals surface area contributed by atoms with Crippen LogP contribution >= 0.6 is 7.60 Å². The fourth-order valence-corrected chi connectivity index (χ4v) is 6.37. The highest BCUT2D eigenvalue weighted by Gasteiger charge is 2.26. The summed E-state index contributed by atoms with van der Waals surface area (Å²) in [6.07, 6.45) is 25.7. The summed E-state index contributed by atoms with van der Waals surface area (Å²) in [6.45, 7) is 12.4. The number of unbranched alkanes of at least 4 members (excludes halogenated alkanes) is 13. The zero-order valence-corrected chi connectivity index (χ0v) is 25.0. The predicted octanol–water partition coefficient (Wildman–Crippen LogP) is 11.3. The Bertz CT molecular complexity index is 430. The lowest BCUT2D eigenvalue weighted by Gasteiger charge is -2.24. The number of rotatable bonds is 27. The van der Waals surface area contributed by atoms with Gasteiger partial charge in [0, 0.05) is 0 Å². The third-order valence-corrected chi connectivity index (χ3v) is 9.33. The van der Waals surface area contributed by atoms with Gasteiger partial charge in [-0.25, -0.2) is 0 Å². The minimum absolute atomic E-state index is 0.501. The van der Waals surface area contributed by atoms with Gasteiger partial charge in [0.1, 0.15) is 0 Å². The maximum absolute atomic E-state index is 13.6. The molecule has 206 valence electrons. The summed E-state index contributed by atoms with van der Waals surface area (Å²) in [5.74, 6) is 1.00. The molecule has 2 atom stereocenters. The van der Waals surface area contributed by atoms with Gasteiger partial charge in [-0.2, -0.15) is 0 Å². The quantitative estimate of drug-likeness (QED) is 0.0827. The maximum atomic E-state index is 13.6. The highest BCUT2D eigenvalue weighted by atomic mass is 31.2. The van der Waals surface area contributed by atoms with Crippen LogP contribution in [0.3, 0.4) is 0 Å². The molecule has 0 aliphatic carbocycles. The first-order valence-corrected chi connectivity index (χ1v) is 17.2. The molecule has 0 fully saturated rings. The molecule has 0 aliphatic rings. The fraction of sp³-hybridized carbons (Fsp3) is 1.00. The van der Waals surface area contributed by atoms with E-state index in [0.29, 0.717) is 31.2 Å². The van der Waals surface area contributed by atoms with E-state index in [4.69, 9.17) is 9.05 Å². The van der Waals surface area contributed by atoms with Crippen LogP contribution in [0.2, 0.25) is 0 Å². The van der Waals surface area contributed by atoms with E-state index in [1.807, 2.05) is 0 Å². The number of hydrogen-bond acceptors (Lipinski definition) is 3. The molecule has 0 aliphatic heterocycles. The Labute approximate surface area is 215 Å². The van der Waals surface area contributed by atoms with E-state index in [1.54, 1.807) is 0 Å².